The second-order valence-electron chi connectivity index (χ2n) is 3.77. The number of aromatic nitrogens is 1. The largest absolute Gasteiger partial charge is 0.321 e. The molecule has 2 N–H and O–H groups in total. The van der Waals surface area contributed by atoms with Gasteiger partial charge in [0.05, 0.1) is 12.5 Å². The summed E-state index contributed by atoms with van der Waals surface area (Å²) in [4.78, 5) is 15.9. The third-order valence-electron chi connectivity index (χ3n) is 2.27. The number of thiazole rings is 1. The number of aryl methyl sites for hydroxylation is 1. The zero-order chi connectivity index (χ0) is 11.3. The van der Waals surface area contributed by atoms with Crippen LogP contribution in [-0.2, 0) is 11.2 Å². The van der Waals surface area contributed by atoms with Crippen molar-refractivity contribution >= 4 is 17.1 Å². The van der Waals surface area contributed by atoms with Crippen LogP contribution in [-0.4, -0.2) is 16.8 Å². The first-order valence-electron chi connectivity index (χ1n) is 5.32. The maximum Gasteiger partial charge on any atom is 0.156 e. The molecule has 0 aliphatic rings. The van der Waals surface area contributed by atoms with Crippen LogP contribution >= 0.6 is 11.3 Å². The van der Waals surface area contributed by atoms with E-state index < -0.39 is 0 Å². The van der Waals surface area contributed by atoms with Gasteiger partial charge in [-0.2, -0.15) is 0 Å². The molecule has 3 nitrogen and oxygen atoms in total. The van der Waals surface area contributed by atoms with E-state index in [1.54, 1.807) is 0 Å². The maximum absolute atomic E-state index is 11.7. The van der Waals surface area contributed by atoms with Crippen molar-refractivity contribution in [2.24, 2.45) is 5.73 Å². The molecule has 0 saturated carbocycles. The molecule has 0 aliphatic heterocycles. The molecule has 1 aromatic rings. The zero-order valence-corrected chi connectivity index (χ0v) is 10.1. The lowest BCUT2D eigenvalue weighted by Gasteiger charge is -2.07. The molecule has 1 unspecified atom stereocenters. The van der Waals surface area contributed by atoms with Crippen molar-refractivity contribution in [1.82, 2.24) is 4.98 Å². The van der Waals surface area contributed by atoms with Crippen LogP contribution in [0, 0.1) is 6.92 Å². The fraction of sp³-hybridized carbons (Fsp3) is 0.636. The first-order chi connectivity index (χ1) is 7.13. The number of ketones is 1. The highest BCUT2D eigenvalue weighted by atomic mass is 32.1. The molecule has 0 aliphatic carbocycles. The van der Waals surface area contributed by atoms with Gasteiger partial charge in [0.2, 0.25) is 0 Å². The summed E-state index contributed by atoms with van der Waals surface area (Å²) in [7, 11) is 0. The summed E-state index contributed by atoms with van der Waals surface area (Å²) in [6.07, 6.45) is 3.28. The van der Waals surface area contributed by atoms with Crippen LogP contribution in [0.3, 0.4) is 0 Å². The van der Waals surface area contributed by atoms with Crippen molar-refractivity contribution < 1.29 is 4.79 Å². The third-order valence-corrected chi connectivity index (χ3v) is 3.24. The summed E-state index contributed by atoms with van der Waals surface area (Å²) in [6.45, 7) is 4.03. The molecule has 0 fully saturated rings. The Bertz CT molecular complexity index is 322. The van der Waals surface area contributed by atoms with Gasteiger partial charge in [0.25, 0.3) is 0 Å². The predicted molar refractivity (Wildman–Crippen MR) is 63.1 cm³/mol. The van der Waals surface area contributed by atoms with Crippen molar-refractivity contribution in [3.63, 3.8) is 0 Å². The topological polar surface area (TPSA) is 56.0 Å². The third kappa shape index (κ3) is 4.10. The molecule has 15 heavy (non-hydrogen) atoms. The number of carbonyl (C=O) groups is 1. The summed E-state index contributed by atoms with van der Waals surface area (Å²) in [5.41, 5.74) is 6.76. The Morgan fingerprint density at radius 3 is 2.93 bits per heavy atom. The van der Waals surface area contributed by atoms with Crippen LogP contribution in [0.4, 0.5) is 0 Å². The van der Waals surface area contributed by atoms with Gasteiger partial charge in [-0.1, -0.05) is 19.8 Å². The number of rotatable bonds is 6. The van der Waals surface area contributed by atoms with Crippen molar-refractivity contribution in [1.29, 1.82) is 0 Å². The fourth-order valence-electron chi connectivity index (χ4n) is 1.35. The van der Waals surface area contributed by atoms with Crippen LogP contribution in [0.15, 0.2) is 5.38 Å². The molecule has 4 heteroatoms. The van der Waals surface area contributed by atoms with E-state index in [1.165, 1.54) is 11.3 Å². The average molecular weight is 226 g/mol. The molecule has 0 aromatic carbocycles. The molecule has 0 saturated heterocycles. The van der Waals surface area contributed by atoms with Gasteiger partial charge >= 0.3 is 0 Å². The molecule has 0 radical (unpaired) electrons. The molecule has 0 bridgehead atoms. The van der Waals surface area contributed by atoms with Crippen molar-refractivity contribution in [3.8, 4) is 0 Å². The SMILES string of the molecule is CCCCC(N)C(=O)Cc1nc(C)cs1. The minimum Gasteiger partial charge on any atom is -0.321 e. The number of carbonyl (C=O) groups excluding carboxylic acids is 1. The average Bonchev–Trinajstić information content (AvgIpc) is 2.60. The highest BCUT2D eigenvalue weighted by Gasteiger charge is 2.14. The van der Waals surface area contributed by atoms with Crippen LogP contribution in [0.1, 0.15) is 36.9 Å². The van der Waals surface area contributed by atoms with Gasteiger partial charge in [-0.05, 0) is 13.3 Å². The maximum atomic E-state index is 11.7. The zero-order valence-electron chi connectivity index (χ0n) is 9.32. The molecule has 0 spiro atoms. The van der Waals surface area contributed by atoms with Gasteiger partial charge in [-0.15, -0.1) is 11.3 Å². The quantitative estimate of drug-likeness (QED) is 0.808. The number of hydrogen-bond acceptors (Lipinski definition) is 4. The minimum atomic E-state index is -0.311. The van der Waals surface area contributed by atoms with Crippen LogP contribution < -0.4 is 5.73 Å². The van der Waals surface area contributed by atoms with Gasteiger partial charge in [0.1, 0.15) is 5.01 Å². The van der Waals surface area contributed by atoms with E-state index in [4.69, 9.17) is 5.73 Å². The lowest BCUT2D eigenvalue weighted by molar-refractivity contribution is -0.119. The summed E-state index contributed by atoms with van der Waals surface area (Å²) in [5.74, 6) is 0.109. The van der Waals surface area contributed by atoms with Gasteiger partial charge in [-0.3, -0.25) is 4.79 Å². The lowest BCUT2D eigenvalue weighted by Crippen LogP contribution is -2.31. The molecular formula is C11H18N2OS. The second kappa shape index (κ2) is 5.98. The van der Waals surface area contributed by atoms with E-state index in [0.717, 1.165) is 30.0 Å². The molecule has 1 aromatic heterocycles. The van der Waals surface area contributed by atoms with Gasteiger partial charge in [-0.25, -0.2) is 4.98 Å². The normalized spacial score (nSPS) is 12.7. The Labute approximate surface area is 94.7 Å². The summed E-state index contributed by atoms with van der Waals surface area (Å²) in [6, 6.07) is -0.311. The molecular weight excluding hydrogens is 208 g/mol. The Morgan fingerprint density at radius 2 is 2.40 bits per heavy atom. The molecule has 0 amide bonds. The Kier molecular flexibility index (Phi) is 4.91. The second-order valence-corrected chi connectivity index (χ2v) is 4.72. The highest BCUT2D eigenvalue weighted by Crippen LogP contribution is 2.11. The van der Waals surface area contributed by atoms with E-state index in [9.17, 15) is 4.79 Å². The van der Waals surface area contributed by atoms with Gasteiger partial charge in [0.15, 0.2) is 5.78 Å². The molecule has 1 heterocycles. The van der Waals surface area contributed by atoms with E-state index in [-0.39, 0.29) is 11.8 Å². The minimum absolute atomic E-state index is 0.109. The Morgan fingerprint density at radius 1 is 1.67 bits per heavy atom. The molecule has 84 valence electrons. The summed E-state index contributed by atoms with van der Waals surface area (Å²) < 4.78 is 0. The monoisotopic (exact) mass is 226 g/mol. The van der Waals surface area contributed by atoms with E-state index >= 15 is 0 Å². The number of nitrogens with two attached hydrogens (primary N) is 1. The fourth-order valence-corrected chi connectivity index (χ4v) is 2.13. The smallest absolute Gasteiger partial charge is 0.156 e. The number of nitrogens with zero attached hydrogens (tertiary/aromatic N) is 1. The van der Waals surface area contributed by atoms with E-state index in [0.29, 0.717) is 6.42 Å². The lowest BCUT2D eigenvalue weighted by atomic mass is 10.0. The van der Waals surface area contributed by atoms with Gasteiger partial charge in [0, 0.05) is 11.1 Å². The first-order valence-corrected chi connectivity index (χ1v) is 6.20. The Balaban J connectivity index is 2.41. The molecule has 1 rings (SSSR count). The first kappa shape index (κ1) is 12.3. The summed E-state index contributed by atoms with van der Waals surface area (Å²) in [5, 5.41) is 2.84. The summed E-state index contributed by atoms with van der Waals surface area (Å²) >= 11 is 1.53. The number of hydrogen-bond donors (Lipinski definition) is 1. The van der Waals surface area contributed by atoms with Crippen LogP contribution in [0.5, 0.6) is 0 Å². The van der Waals surface area contributed by atoms with Crippen molar-refractivity contribution in [2.75, 3.05) is 0 Å². The standard InChI is InChI=1S/C11H18N2OS/c1-3-4-5-9(12)10(14)6-11-13-8(2)7-15-11/h7,9H,3-6,12H2,1-2H3. The van der Waals surface area contributed by atoms with Gasteiger partial charge < -0.3 is 5.73 Å². The van der Waals surface area contributed by atoms with Crippen LogP contribution in [0.25, 0.3) is 0 Å². The van der Waals surface area contributed by atoms with E-state index in [1.807, 2.05) is 12.3 Å². The number of Topliss-reactive ketones (excluding diaryl/α,β-unsaturated/α-hetero) is 1. The molecule has 1 atom stereocenters. The van der Waals surface area contributed by atoms with Crippen molar-refractivity contribution in [2.45, 2.75) is 45.6 Å². The van der Waals surface area contributed by atoms with Crippen LogP contribution in [0.2, 0.25) is 0 Å². The number of unbranched alkanes of at least 4 members (excludes halogenated alkanes) is 1. The highest BCUT2D eigenvalue weighted by molar-refractivity contribution is 7.09. The Hall–Kier alpha value is -0.740. The van der Waals surface area contributed by atoms with Crippen molar-refractivity contribution in [3.05, 3.63) is 16.1 Å². The van der Waals surface area contributed by atoms with E-state index in [2.05, 4.69) is 11.9 Å². The predicted octanol–water partition coefficient (Wildman–Crippen LogP) is 2.08.